The first kappa shape index (κ1) is 13.1. The molecule has 8 heteroatoms. The Balaban J connectivity index is 2.58. The van der Waals surface area contributed by atoms with Crippen LogP contribution >= 0.6 is 0 Å². The Labute approximate surface area is 103 Å². The number of aromatic amines is 1. The maximum absolute atomic E-state index is 12.9. The van der Waals surface area contributed by atoms with E-state index >= 15 is 0 Å². The Hall–Kier alpha value is -2.38. The minimum atomic E-state index is -4.77. The van der Waals surface area contributed by atoms with Crippen molar-refractivity contribution >= 4 is 5.97 Å². The summed E-state index contributed by atoms with van der Waals surface area (Å²) >= 11 is 0. The zero-order chi connectivity index (χ0) is 14.2. The molecule has 0 bridgehead atoms. The number of benzene rings is 1. The molecule has 0 saturated carbocycles. The molecule has 19 heavy (non-hydrogen) atoms. The predicted molar refractivity (Wildman–Crippen MR) is 55.9 cm³/mol. The zero-order valence-electron chi connectivity index (χ0n) is 9.12. The second-order valence-corrected chi connectivity index (χ2v) is 3.64. The van der Waals surface area contributed by atoms with Crippen molar-refractivity contribution in [2.24, 2.45) is 0 Å². The van der Waals surface area contributed by atoms with Crippen molar-refractivity contribution in [3.63, 3.8) is 0 Å². The highest BCUT2D eigenvalue weighted by Gasteiger charge is 2.35. The van der Waals surface area contributed by atoms with Crippen LogP contribution in [-0.2, 0) is 6.18 Å². The van der Waals surface area contributed by atoms with Gasteiger partial charge in [-0.15, -0.1) is 0 Å². The number of halogens is 4. The molecule has 2 rings (SSSR count). The quantitative estimate of drug-likeness (QED) is 0.827. The maximum atomic E-state index is 12.9. The van der Waals surface area contributed by atoms with Gasteiger partial charge in [-0.2, -0.15) is 13.2 Å². The normalized spacial score (nSPS) is 11.6. The Morgan fingerprint density at radius 2 is 2.00 bits per heavy atom. The number of alkyl halides is 3. The van der Waals surface area contributed by atoms with Gasteiger partial charge in [0.15, 0.2) is 0 Å². The van der Waals surface area contributed by atoms with Crippen molar-refractivity contribution in [1.82, 2.24) is 9.97 Å². The van der Waals surface area contributed by atoms with Crippen molar-refractivity contribution in [3.05, 3.63) is 41.5 Å². The molecule has 100 valence electrons. The molecule has 1 aromatic heterocycles. The van der Waals surface area contributed by atoms with Crippen molar-refractivity contribution in [2.45, 2.75) is 6.18 Å². The molecule has 0 fully saturated rings. The van der Waals surface area contributed by atoms with Crippen molar-refractivity contribution in [1.29, 1.82) is 0 Å². The average molecular weight is 274 g/mol. The minimum Gasteiger partial charge on any atom is -0.477 e. The van der Waals surface area contributed by atoms with E-state index in [1.54, 1.807) is 0 Å². The smallest absolute Gasteiger partial charge is 0.417 e. The number of carbonyl (C=O) groups is 1. The van der Waals surface area contributed by atoms with Gasteiger partial charge in [0.05, 0.1) is 11.8 Å². The number of H-pyrrole nitrogens is 1. The SMILES string of the molecule is O=C(O)c1cnc(-c2ccc(F)cc2C(F)(F)F)[nH]1. The molecule has 2 aromatic rings. The molecule has 1 heterocycles. The largest absolute Gasteiger partial charge is 0.477 e. The Bertz CT molecular complexity index is 634. The van der Waals surface area contributed by atoms with Gasteiger partial charge in [0.2, 0.25) is 0 Å². The maximum Gasteiger partial charge on any atom is 0.417 e. The molecule has 4 nitrogen and oxygen atoms in total. The van der Waals surface area contributed by atoms with E-state index in [1.165, 1.54) is 0 Å². The first-order chi connectivity index (χ1) is 8.79. The summed E-state index contributed by atoms with van der Waals surface area (Å²) in [6.45, 7) is 0. The van der Waals surface area contributed by atoms with Crippen LogP contribution in [0.3, 0.4) is 0 Å². The first-order valence-corrected chi connectivity index (χ1v) is 4.94. The van der Waals surface area contributed by atoms with Gasteiger partial charge in [-0.3, -0.25) is 0 Å². The summed E-state index contributed by atoms with van der Waals surface area (Å²) in [7, 11) is 0. The molecule has 0 atom stereocenters. The van der Waals surface area contributed by atoms with Crippen LogP contribution in [0.25, 0.3) is 11.4 Å². The number of hydrogen-bond acceptors (Lipinski definition) is 2. The fourth-order valence-electron chi connectivity index (χ4n) is 1.52. The van der Waals surface area contributed by atoms with Gasteiger partial charge in [-0.05, 0) is 18.2 Å². The highest BCUT2D eigenvalue weighted by atomic mass is 19.4. The van der Waals surface area contributed by atoms with Crippen LogP contribution in [0, 0.1) is 5.82 Å². The van der Waals surface area contributed by atoms with Crippen LogP contribution in [0.2, 0.25) is 0 Å². The second-order valence-electron chi connectivity index (χ2n) is 3.64. The summed E-state index contributed by atoms with van der Waals surface area (Å²) in [6, 6.07) is 2.06. The molecule has 0 amide bonds. The van der Waals surface area contributed by atoms with Gasteiger partial charge in [0, 0.05) is 5.56 Å². The Kier molecular flexibility index (Phi) is 3.01. The lowest BCUT2D eigenvalue weighted by Crippen LogP contribution is -2.08. The van der Waals surface area contributed by atoms with Gasteiger partial charge >= 0.3 is 12.1 Å². The van der Waals surface area contributed by atoms with Crippen LogP contribution in [0.4, 0.5) is 17.6 Å². The number of aromatic nitrogens is 2. The summed E-state index contributed by atoms with van der Waals surface area (Å²) in [5.41, 5.74) is -1.99. The number of nitrogens with one attached hydrogen (secondary N) is 1. The lowest BCUT2D eigenvalue weighted by Gasteiger charge is -2.11. The van der Waals surface area contributed by atoms with E-state index < -0.39 is 29.1 Å². The number of carboxylic acids is 1. The van der Waals surface area contributed by atoms with E-state index in [0.29, 0.717) is 6.07 Å². The molecule has 0 radical (unpaired) electrons. The number of aromatic carboxylic acids is 1. The third kappa shape index (κ3) is 2.56. The fraction of sp³-hybridized carbons (Fsp3) is 0.0909. The van der Waals surface area contributed by atoms with E-state index in [9.17, 15) is 22.4 Å². The molecule has 0 aliphatic heterocycles. The Morgan fingerprint density at radius 3 is 2.53 bits per heavy atom. The lowest BCUT2D eigenvalue weighted by atomic mass is 10.1. The standard InChI is InChI=1S/C11H6F4N2O2/c12-5-1-2-6(7(3-5)11(13,14)15)9-16-4-8(17-9)10(18)19/h1-4H,(H,16,17)(H,18,19). The van der Waals surface area contributed by atoms with Gasteiger partial charge in [-0.25, -0.2) is 14.2 Å². The monoisotopic (exact) mass is 274 g/mol. The summed E-state index contributed by atoms with van der Waals surface area (Å²) in [6.07, 6.45) is -3.88. The topological polar surface area (TPSA) is 66.0 Å². The molecule has 0 spiro atoms. The van der Waals surface area contributed by atoms with Gasteiger partial charge < -0.3 is 10.1 Å². The average Bonchev–Trinajstić information content (AvgIpc) is 2.77. The molecule has 2 N–H and O–H groups in total. The number of carboxylic acid groups (broad SMARTS) is 1. The number of nitrogens with zero attached hydrogens (tertiary/aromatic N) is 1. The van der Waals surface area contributed by atoms with E-state index in [-0.39, 0.29) is 11.5 Å². The first-order valence-electron chi connectivity index (χ1n) is 4.94. The second kappa shape index (κ2) is 4.38. The molecule has 0 aliphatic carbocycles. The molecule has 1 aromatic carbocycles. The minimum absolute atomic E-state index is 0.287. The molecule has 0 aliphatic rings. The van der Waals surface area contributed by atoms with E-state index in [1.807, 2.05) is 0 Å². The van der Waals surface area contributed by atoms with Crippen molar-refractivity contribution in [2.75, 3.05) is 0 Å². The predicted octanol–water partition coefficient (Wildman–Crippen LogP) is 2.93. The van der Waals surface area contributed by atoms with Crippen molar-refractivity contribution < 1.29 is 27.5 Å². The van der Waals surface area contributed by atoms with Gasteiger partial charge in [-0.1, -0.05) is 0 Å². The highest BCUT2D eigenvalue weighted by molar-refractivity contribution is 5.86. The van der Waals surface area contributed by atoms with Crippen LogP contribution in [0.5, 0.6) is 0 Å². The molecule has 0 unspecified atom stereocenters. The third-order valence-corrected chi connectivity index (χ3v) is 2.35. The molecular formula is C11H6F4N2O2. The van der Waals surface area contributed by atoms with Crippen LogP contribution < -0.4 is 0 Å². The van der Waals surface area contributed by atoms with E-state index in [4.69, 9.17) is 5.11 Å². The summed E-state index contributed by atoms with van der Waals surface area (Å²) < 4.78 is 51.2. The molecular weight excluding hydrogens is 268 g/mol. The van der Waals surface area contributed by atoms with Gasteiger partial charge in [0.1, 0.15) is 17.3 Å². The number of rotatable bonds is 2. The fourth-order valence-corrected chi connectivity index (χ4v) is 1.52. The van der Waals surface area contributed by atoms with Crippen molar-refractivity contribution in [3.8, 4) is 11.4 Å². The number of hydrogen-bond donors (Lipinski definition) is 2. The van der Waals surface area contributed by atoms with Crippen LogP contribution in [0.15, 0.2) is 24.4 Å². The van der Waals surface area contributed by atoms with E-state index in [0.717, 1.165) is 18.3 Å². The van der Waals surface area contributed by atoms with Gasteiger partial charge in [0.25, 0.3) is 0 Å². The Morgan fingerprint density at radius 1 is 1.32 bits per heavy atom. The summed E-state index contributed by atoms with van der Waals surface area (Å²) in [5, 5.41) is 8.66. The lowest BCUT2D eigenvalue weighted by molar-refractivity contribution is -0.137. The van der Waals surface area contributed by atoms with E-state index in [2.05, 4.69) is 9.97 Å². The van der Waals surface area contributed by atoms with Crippen LogP contribution in [-0.4, -0.2) is 21.0 Å². The summed E-state index contributed by atoms with van der Waals surface area (Å²) in [5.74, 6) is -2.68. The zero-order valence-corrected chi connectivity index (χ0v) is 9.12. The third-order valence-electron chi connectivity index (χ3n) is 2.35. The van der Waals surface area contributed by atoms with Crippen LogP contribution in [0.1, 0.15) is 16.1 Å². The number of imidazole rings is 1. The molecule has 0 saturated heterocycles. The highest BCUT2D eigenvalue weighted by Crippen LogP contribution is 2.36. The summed E-state index contributed by atoms with van der Waals surface area (Å²) in [4.78, 5) is 16.4.